The van der Waals surface area contributed by atoms with Crippen molar-refractivity contribution in [3.8, 4) is 23.6 Å². The third-order valence-electron chi connectivity index (χ3n) is 20.0. The van der Waals surface area contributed by atoms with Crippen molar-refractivity contribution >= 4 is 92.0 Å². The van der Waals surface area contributed by atoms with Gasteiger partial charge in [0.05, 0.1) is 99.9 Å². The first-order valence-electron chi connectivity index (χ1n) is 37.0. The number of amides is 5. The molecule has 2 aromatic heterocycles. The fourth-order valence-electron chi connectivity index (χ4n) is 14.0. The number of alkyl halides is 4. The monoisotopic (exact) mass is 1580 g/mol. The zero-order valence-electron chi connectivity index (χ0n) is 61.9. The molecule has 8 N–H and O–H groups in total. The number of carboxylic acid groups (broad SMARTS) is 3. The van der Waals surface area contributed by atoms with Gasteiger partial charge in [-0.2, -0.15) is 10.5 Å². The van der Waals surface area contributed by atoms with Crippen molar-refractivity contribution in [3.05, 3.63) is 113 Å². The number of hydrogen-bond acceptors (Lipinski definition) is 27. The number of aromatic nitrogens is 2. The second-order valence-electron chi connectivity index (χ2n) is 28.0. The number of carboxylic acids is 3. The van der Waals surface area contributed by atoms with E-state index >= 15 is 4.79 Å². The van der Waals surface area contributed by atoms with Crippen LogP contribution in [0.1, 0.15) is 59.2 Å². The summed E-state index contributed by atoms with van der Waals surface area (Å²) in [4.78, 5) is 180. The van der Waals surface area contributed by atoms with Gasteiger partial charge in [0, 0.05) is 154 Å². The van der Waals surface area contributed by atoms with Crippen LogP contribution < -0.4 is 67.6 Å². The lowest BCUT2D eigenvalue weighted by molar-refractivity contribution is -0.140. The number of hydrogen-bond donors (Lipinski definition) is 8. The quantitative estimate of drug-likeness (QED) is 0.0163. The highest BCUT2D eigenvalue weighted by molar-refractivity contribution is 6.08. The zero-order valence-corrected chi connectivity index (χ0v) is 61.9. The van der Waals surface area contributed by atoms with E-state index in [9.17, 15) is 96.1 Å². The van der Waals surface area contributed by atoms with E-state index in [1.165, 1.54) is 29.4 Å². The van der Waals surface area contributed by atoms with Gasteiger partial charge in [-0.15, -0.1) is 0 Å². The molecule has 113 heavy (non-hydrogen) atoms. The Balaban J connectivity index is 0.783. The summed E-state index contributed by atoms with van der Waals surface area (Å²) in [5, 5.41) is 63.4. The van der Waals surface area contributed by atoms with Crippen LogP contribution in [0.5, 0.6) is 11.5 Å². The SMILES string of the molecule is N#C[C@@H]1CC(F)(F)CN1C(=O)CNC(=O)c1ccnc2ccc(OCCCCNc3c(N4CCNCCN(c5c(NCCCCOc6ccc7nccc(C(=O)NCC(=O)N8CC(F)(F)C[C@H]8C#N)c7c6)c(=O)c5=O)CCN(C(=O)CN5CCN(CC(=O)O)CCN(CC(=O)O)CCN(CC(=O)O)CC5)CC4)c(=O)c3=O)cc12. The van der Waals surface area contributed by atoms with E-state index in [4.69, 9.17) is 9.47 Å². The normalized spacial score (nSPS) is 18.6. The number of carbonyl (C=O) groups is 8. The first kappa shape index (κ1) is 83.9. The van der Waals surface area contributed by atoms with Crippen LogP contribution in [0.2, 0.25) is 0 Å². The minimum Gasteiger partial charge on any atom is -0.494 e. The first-order chi connectivity index (χ1) is 54.1. The van der Waals surface area contributed by atoms with Gasteiger partial charge in [-0.25, -0.2) is 17.6 Å². The van der Waals surface area contributed by atoms with Crippen molar-refractivity contribution in [1.82, 2.24) is 60.2 Å². The predicted molar refractivity (Wildman–Crippen MR) is 401 cm³/mol. The van der Waals surface area contributed by atoms with Crippen molar-refractivity contribution < 1.29 is 80.7 Å². The lowest BCUT2D eigenvalue weighted by Gasteiger charge is -2.36. The topological polar surface area (TPSA) is 447 Å². The second kappa shape index (κ2) is 38.6. The molecular weight excluding hydrogens is 1490 g/mol. The molecule has 6 aromatic rings. The average molecular weight is 1580 g/mol. The number of aliphatic carboxylic acids is 3. The van der Waals surface area contributed by atoms with E-state index < -0.39 is 145 Å². The molecule has 604 valence electrons. The van der Waals surface area contributed by atoms with Crippen LogP contribution in [0.3, 0.4) is 0 Å². The van der Waals surface area contributed by atoms with Gasteiger partial charge in [0.2, 0.25) is 17.7 Å². The molecule has 6 heterocycles. The third-order valence-corrected chi connectivity index (χ3v) is 20.0. The van der Waals surface area contributed by atoms with Gasteiger partial charge in [0.25, 0.3) is 45.4 Å². The van der Waals surface area contributed by atoms with Crippen LogP contribution in [0.4, 0.5) is 40.3 Å². The predicted octanol–water partition coefficient (Wildman–Crippen LogP) is -0.283. The van der Waals surface area contributed by atoms with Crippen molar-refractivity contribution in [2.45, 2.75) is 62.5 Å². The lowest BCUT2D eigenvalue weighted by Crippen LogP contribution is -2.53. The molecule has 0 spiro atoms. The maximum absolute atomic E-state index is 15.1. The highest BCUT2D eigenvalue weighted by Gasteiger charge is 2.48. The van der Waals surface area contributed by atoms with Gasteiger partial charge in [0.1, 0.15) is 46.3 Å². The van der Waals surface area contributed by atoms with E-state index in [0.717, 1.165) is 9.80 Å². The summed E-state index contributed by atoms with van der Waals surface area (Å²) in [6.45, 7) is -2.24. The van der Waals surface area contributed by atoms with Gasteiger partial charge >= 0.3 is 17.9 Å². The second-order valence-corrected chi connectivity index (χ2v) is 28.0. The lowest BCUT2D eigenvalue weighted by atomic mass is 10.1. The highest BCUT2D eigenvalue weighted by Crippen LogP contribution is 2.34. The number of nitrogens with one attached hydrogen (secondary N) is 5. The van der Waals surface area contributed by atoms with Crippen LogP contribution >= 0.6 is 0 Å². The smallest absolute Gasteiger partial charge is 0.317 e. The number of unbranched alkanes of at least 4 members (excludes halogenated alkanes) is 2. The summed E-state index contributed by atoms with van der Waals surface area (Å²) < 4.78 is 68.2. The molecule has 4 aromatic carbocycles. The highest BCUT2D eigenvalue weighted by atomic mass is 19.3. The number of carbonyl (C=O) groups excluding carboxylic acids is 5. The molecule has 2 atom stereocenters. The Morgan fingerprint density at radius 3 is 1.25 bits per heavy atom. The van der Waals surface area contributed by atoms with Gasteiger partial charge in [-0.05, 0) is 74.2 Å². The van der Waals surface area contributed by atoms with E-state index in [2.05, 4.69) is 36.6 Å². The average Bonchev–Trinajstić information content (AvgIpc) is 1.52. The number of likely N-dealkylation sites (tertiary alicyclic amines) is 2. The molecule has 0 unspecified atom stereocenters. The Labute approximate surface area is 643 Å². The maximum atomic E-state index is 15.1. The molecule has 5 amide bonds. The molecule has 4 aliphatic rings. The Morgan fingerprint density at radius 2 is 0.876 bits per heavy atom. The van der Waals surface area contributed by atoms with Crippen molar-refractivity contribution in [2.24, 2.45) is 0 Å². The molecule has 4 saturated heterocycles. The number of nitrogens with zero attached hydrogens (tertiary/aromatic N) is 13. The molecule has 0 saturated carbocycles. The molecule has 0 aliphatic carbocycles. The minimum atomic E-state index is -3.24. The number of fused-ring (bicyclic) bond motifs is 2. The first-order valence-corrected chi connectivity index (χ1v) is 37.0. The number of ether oxygens (including phenoxy) is 2. The number of pyridine rings is 2. The van der Waals surface area contributed by atoms with E-state index in [0.29, 0.717) is 59.0 Å². The van der Waals surface area contributed by atoms with Crippen LogP contribution in [0, 0.1) is 22.7 Å². The van der Waals surface area contributed by atoms with E-state index in [1.807, 2.05) is 0 Å². The Morgan fingerprint density at radius 1 is 0.496 bits per heavy atom. The molecule has 0 bridgehead atoms. The summed E-state index contributed by atoms with van der Waals surface area (Å²) in [6, 6.07) is 13.3. The Kier molecular flexibility index (Phi) is 28.7. The molecule has 0 radical (unpaired) electrons. The molecule has 10 rings (SSSR count). The van der Waals surface area contributed by atoms with Crippen molar-refractivity contribution in [2.75, 3.05) is 204 Å². The van der Waals surface area contributed by atoms with Crippen LogP contribution in [-0.4, -0.2) is 314 Å². The van der Waals surface area contributed by atoms with Crippen molar-refractivity contribution in [3.63, 3.8) is 0 Å². The van der Waals surface area contributed by atoms with Gasteiger partial charge in [-0.3, -0.25) is 87.1 Å². The van der Waals surface area contributed by atoms with Crippen LogP contribution in [0.25, 0.3) is 21.8 Å². The molecule has 39 heteroatoms. The minimum absolute atomic E-state index is 0.00809. The third kappa shape index (κ3) is 22.4. The summed E-state index contributed by atoms with van der Waals surface area (Å²) in [7, 11) is 0. The van der Waals surface area contributed by atoms with Crippen molar-refractivity contribution in [1.29, 1.82) is 10.5 Å². The summed E-state index contributed by atoms with van der Waals surface area (Å²) >= 11 is 0. The number of benzene rings is 2. The number of nitriles is 2. The molecule has 35 nitrogen and oxygen atoms in total. The van der Waals surface area contributed by atoms with Gasteiger partial charge in [0.15, 0.2) is 0 Å². The number of rotatable bonds is 30. The number of anilines is 4. The van der Waals surface area contributed by atoms with Gasteiger partial charge in [-0.1, -0.05) is 0 Å². The van der Waals surface area contributed by atoms with E-state index in [-0.39, 0.29) is 178 Å². The Bertz CT molecular complexity index is 4450. The summed E-state index contributed by atoms with van der Waals surface area (Å²) in [5.41, 5.74) is -1.66. The van der Waals surface area contributed by atoms with E-state index in [1.54, 1.807) is 77.9 Å². The van der Waals surface area contributed by atoms with Crippen LogP contribution in [0.15, 0.2) is 80.1 Å². The largest absolute Gasteiger partial charge is 0.494 e. The summed E-state index contributed by atoms with van der Waals surface area (Å²) in [5.74, 6) is -12.7. The molecular formula is C74H88F4N18O17. The molecule has 4 aliphatic heterocycles. The maximum Gasteiger partial charge on any atom is 0.317 e. The fourth-order valence-corrected chi connectivity index (χ4v) is 14.0. The molecule has 4 fully saturated rings. The van der Waals surface area contributed by atoms with Gasteiger partial charge < -0.3 is 75.9 Å². The summed E-state index contributed by atoms with van der Waals surface area (Å²) in [6.07, 6.45) is 2.90. The zero-order chi connectivity index (χ0) is 81.1. The standard InChI is InChI=1S/C74H88F4N18O17/c75-73(76)35-47(37-79)95(45-73)57(97)39-86-71(110)51-9-13-82-55-7-5-49(33-53(51)55)112-31-3-1-11-84-63-65(69(108)67(63)106)93-17-15-81-16-18-94(30-28-92(27-29-93)59(99)41-88-19-21-89(42-60(100)101)23-25-91(44-62(104)105)26-24-90(22-20-88)43-61(102)103)66-64(68(107)70(66)109)85-12-2-4-32-113-50-6-8-56-54(34-50)52(10-14-83-56)72(111)87-40-58(98)96-46-74(77,78)36-48(96)38-80/h5-10,13-14,33-34,47-48,81,84-85H,1-4,11-12,15-32,35-36,39-46H2,(H,86,110)(H,87,111)(H,100,101)(H,102,103)(H,104,105)/t47-,48-/m0/s1. The number of halogens is 4. The Hall–Kier alpha value is -11.5. The fraction of sp³-hybridized carbons (Fsp3) is 0.514. The van der Waals surface area contributed by atoms with Crippen LogP contribution in [-0.2, 0) is 28.8 Å².